The Kier molecular flexibility index (Phi) is 5.10. The first kappa shape index (κ1) is 14.5. The zero-order valence-electron chi connectivity index (χ0n) is 11.2. The molecule has 1 aromatic rings. The van der Waals surface area contributed by atoms with E-state index < -0.39 is 0 Å². The molecule has 0 bridgehead atoms. The minimum Gasteiger partial charge on any atom is -0.396 e. The van der Waals surface area contributed by atoms with Crippen LogP contribution in [0.2, 0.25) is 0 Å². The standard InChI is InChI=1S/C15H18N2O3/c18-6-2-1-3-12-7-14(9-16-8-12)15(20)17-5-4-13(10-17)11-19/h7-9,13,18-19H,2,4-6,10-11H2. The summed E-state index contributed by atoms with van der Waals surface area (Å²) >= 11 is 0. The smallest absolute Gasteiger partial charge is 0.255 e. The van der Waals surface area contributed by atoms with E-state index in [1.54, 1.807) is 17.2 Å². The summed E-state index contributed by atoms with van der Waals surface area (Å²) in [7, 11) is 0. The average Bonchev–Trinajstić information content (AvgIpc) is 2.96. The van der Waals surface area contributed by atoms with Crippen molar-refractivity contribution in [3.8, 4) is 11.8 Å². The van der Waals surface area contributed by atoms with E-state index in [2.05, 4.69) is 16.8 Å². The molecule has 2 N–H and O–H groups in total. The van der Waals surface area contributed by atoms with Gasteiger partial charge in [0.1, 0.15) is 0 Å². The molecule has 2 rings (SSSR count). The van der Waals surface area contributed by atoms with E-state index in [-0.39, 0.29) is 25.0 Å². The number of carbonyl (C=O) groups excluding carboxylic acids is 1. The van der Waals surface area contributed by atoms with Crippen LogP contribution in [0.25, 0.3) is 0 Å². The van der Waals surface area contributed by atoms with Gasteiger partial charge in [-0.2, -0.15) is 0 Å². The number of pyridine rings is 1. The third-order valence-corrected chi connectivity index (χ3v) is 3.29. The molecule has 0 spiro atoms. The van der Waals surface area contributed by atoms with Crippen molar-refractivity contribution in [3.05, 3.63) is 29.6 Å². The Labute approximate surface area is 118 Å². The lowest BCUT2D eigenvalue weighted by molar-refractivity contribution is 0.0781. The lowest BCUT2D eigenvalue weighted by atomic mass is 10.1. The Morgan fingerprint density at radius 3 is 3.00 bits per heavy atom. The summed E-state index contributed by atoms with van der Waals surface area (Å²) in [5.41, 5.74) is 1.18. The number of rotatable bonds is 3. The minimum atomic E-state index is -0.0701. The maximum absolute atomic E-state index is 12.3. The first-order valence-electron chi connectivity index (χ1n) is 6.69. The summed E-state index contributed by atoms with van der Waals surface area (Å²) < 4.78 is 0. The number of aliphatic hydroxyl groups excluding tert-OH is 2. The van der Waals surface area contributed by atoms with Crippen molar-refractivity contribution in [1.29, 1.82) is 0 Å². The van der Waals surface area contributed by atoms with Gasteiger partial charge in [-0.05, 0) is 12.5 Å². The average molecular weight is 274 g/mol. The maximum atomic E-state index is 12.3. The molecule has 20 heavy (non-hydrogen) atoms. The molecule has 0 aromatic carbocycles. The molecule has 1 saturated heterocycles. The Morgan fingerprint density at radius 2 is 2.30 bits per heavy atom. The molecule has 1 aromatic heterocycles. The van der Waals surface area contributed by atoms with Crippen LogP contribution in [0.1, 0.15) is 28.8 Å². The van der Waals surface area contributed by atoms with Crippen molar-refractivity contribution >= 4 is 5.91 Å². The van der Waals surface area contributed by atoms with E-state index in [0.717, 1.165) is 6.42 Å². The van der Waals surface area contributed by atoms with Gasteiger partial charge in [-0.3, -0.25) is 9.78 Å². The highest BCUT2D eigenvalue weighted by molar-refractivity contribution is 5.94. The van der Waals surface area contributed by atoms with Crippen LogP contribution in [0.4, 0.5) is 0 Å². The normalized spacial score (nSPS) is 17.7. The number of hydrogen-bond donors (Lipinski definition) is 2. The van der Waals surface area contributed by atoms with Crippen molar-refractivity contribution in [3.63, 3.8) is 0 Å². The third-order valence-electron chi connectivity index (χ3n) is 3.29. The van der Waals surface area contributed by atoms with Gasteiger partial charge in [0, 0.05) is 50.0 Å². The molecular formula is C15H18N2O3. The fourth-order valence-electron chi connectivity index (χ4n) is 2.19. The fourth-order valence-corrected chi connectivity index (χ4v) is 2.19. The van der Waals surface area contributed by atoms with E-state index in [9.17, 15) is 4.79 Å². The van der Waals surface area contributed by atoms with Crippen LogP contribution in [-0.4, -0.2) is 52.3 Å². The molecule has 0 aliphatic carbocycles. The summed E-state index contributed by atoms with van der Waals surface area (Å²) in [5, 5.41) is 17.8. The number of aromatic nitrogens is 1. The first-order chi connectivity index (χ1) is 9.74. The predicted molar refractivity (Wildman–Crippen MR) is 73.9 cm³/mol. The second-order valence-electron chi connectivity index (χ2n) is 4.83. The molecule has 106 valence electrons. The van der Waals surface area contributed by atoms with Crippen LogP contribution in [0, 0.1) is 17.8 Å². The molecule has 0 saturated carbocycles. The van der Waals surface area contributed by atoms with Gasteiger partial charge in [0.05, 0.1) is 12.2 Å². The van der Waals surface area contributed by atoms with E-state index in [4.69, 9.17) is 10.2 Å². The molecule has 1 aliphatic heterocycles. The zero-order chi connectivity index (χ0) is 14.4. The number of aliphatic hydroxyl groups is 2. The molecule has 1 amide bonds. The number of nitrogens with zero attached hydrogens (tertiary/aromatic N) is 2. The summed E-state index contributed by atoms with van der Waals surface area (Å²) in [4.78, 5) is 18.1. The van der Waals surface area contributed by atoms with Crippen molar-refractivity contribution in [2.24, 2.45) is 5.92 Å². The number of carbonyl (C=O) groups is 1. The largest absolute Gasteiger partial charge is 0.396 e. The van der Waals surface area contributed by atoms with Crippen molar-refractivity contribution in [2.75, 3.05) is 26.3 Å². The van der Waals surface area contributed by atoms with Gasteiger partial charge in [-0.1, -0.05) is 11.8 Å². The summed E-state index contributed by atoms with van der Waals surface area (Å²) in [6, 6.07) is 1.71. The monoisotopic (exact) mass is 274 g/mol. The van der Waals surface area contributed by atoms with Gasteiger partial charge in [0.2, 0.25) is 0 Å². The lowest BCUT2D eigenvalue weighted by Gasteiger charge is -2.15. The molecule has 1 aliphatic rings. The maximum Gasteiger partial charge on any atom is 0.255 e. The number of amides is 1. The van der Waals surface area contributed by atoms with E-state index >= 15 is 0 Å². The Balaban J connectivity index is 2.07. The topological polar surface area (TPSA) is 73.7 Å². The van der Waals surface area contributed by atoms with E-state index in [1.807, 2.05) is 0 Å². The van der Waals surface area contributed by atoms with Crippen molar-refractivity contribution < 1.29 is 15.0 Å². The fraction of sp³-hybridized carbons (Fsp3) is 0.467. The van der Waals surface area contributed by atoms with Crippen LogP contribution in [0.15, 0.2) is 18.5 Å². The molecular weight excluding hydrogens is 256 g/mol. The lowest BCUT2D eigenvalue weighted by Crippen LogP contribution is -2.29. The second kappa shape index (κ2) is 7.04. The number of hydrogen-bond acceptors (Lipinski definition) is 4. The SMILES string of the molecule is O=C(c1cncc(C#CCCO)c1)N1CCC(CO)C1. The molecule has 1 unspecified atom stereocenters. The van der Waals surface area contributed by atoms with Gasteiger partial charge >= 0.3 is 0 Å². The second-order valence-corrected chi connectivity index (χ2v) is 4.83. The van der Waals surface area contributed by atoms with Gasteiger partial charge in [-0.25, -0.2) is 0 Å². The van der Waals surface area contributed by atoms with Crippen LogP contribution in [-0.2, 0) is 0 Å². The van der Waals surface area contributed by atoms with Gasteiger partial charge in [-0.15, -0.1) is 0 Å². The summed E-state index contributed by atoms with van der Waals surface area (Å²) in [5.74, 6) is 5.78. The number of likely N-dealkylation sites (tertiary alicyclic amines) is 1. The molecule has 1 fully saturated rings. The van der Waals surface area contributed by atoms with Crippen molar-refractivity contribution in [1.82, 2.24) is 9.88 Å². The predicted octanol–water partition coefficient (Wildman–Crippen LogP) is 0.270. The quantitative estimate of drug-likeness (QED) is 0.776. The highest BCUT2D eigenvalue weighted by Gasteiger charge is 2.26. The Hall–Kier alpha value is -1.90. The zero-order valence-corrected chi connectivity index (χ0v) is 11.2. The molecule has 5 heteroatoms. The van der Waals surface area contributed by atoms with Gasteiger partial charge in [0.15, 0.2) is 0 Å². The highest BCUT2D eigenvalue weighted by Crippen LogP contribution is 2.18. The van der Waals surface area contributed by atoms with Crippen molar-refractivity contribution in [2.45, 2.75) is 12.8 Å². The van der Waals surface area contributed by atoms with Crippen LogP contribution in [0.5, 0.6) is 0 Å². The van der Waals surface area contributed by atoms with Gasteiger partial charge in [0.25, 0.3) is 5.91 Å². The molecule has 1 atom stereocenters. The molecule has 5 nitrogen and oxygen atoms in total. The van der Waals surface area contributed by atoms with Gasteiger partial charge < -0.3 is 15.1 Å². The van der Waals surface area contributed by atoms with Crippen LogP contribution >= 0.6 is 0 Å². The summed E-state index contributed by atoms with van der Waals surface area (Å²) in [6.45, 7) is 1.41. The Morgan fingerprint density at radius 1 is 1.45 bits per heavy atom. The molecule has 2 heterocycles. The van der Waals surface area contributed by atoms with E-state index in [1.165, 1.54) is 6.20 Å². The van der Waals surface area contributed by atoms with E-state index in [0.29, 0.717) is 30.6 Å². The Bertz CT molecular complexity index is 533. The third kappa shape index (κ3) is 3.56. The van der Waals surface area contributed by atoms with Crippen LogP contribution < -0.4 is 0 Å². The molecule has 0 radical (unpaired) electrons. The minimum absolute atomic E-state index is 0.0232. The highest BCUT2D eigenvalue weighted by atomic mass is 16.3. The first-order valence-corrected chi connectivity index (χ1v) is 6.69. The van der Waals surface area contributed by atoms with Crippen LogP contribution in [0.3, 0.4) is 0 Å². The summed E-state index contributed by atoms with van der Waals surface area (Å²) in [6.07, 6.45) is 4.38.